The van der Waals surface area contributed by atoms with E-state index < -0.39 is 52.2 Å². The van der Waals surface area contributed by atoms with Gasteiger partial charge >= 0.3 is 0 Å². The van der Waals surface area contributed by atoms with Gasteiger partial charge in [0.1, 0.15) is 28.8 Å². The monoisotopic (exact) mass is 527 g/mol. The van der Waals surface area contributed by atoms with Gasteiger partial charge in [-0.15, -0.1) is 0 Å². The second-order valence-corrected chi connectivity index (χ2v) is 9.45. The van der Waals surface area contributed by atoms with E-state index in [1.54, 1.807) is 12.3 Å². The highest BCUT2D eigenvalue weighted by atomic mass is 19.1. The number of nitrogens with two attached hydrogens (primary N) is 1. The third kappa shape index (κ3) is 5.53. The van der Waals surface area contributed by atoms with Crippen LogP contribution in [0.5, 0.6) is 0 Å². The molecule has 8 nitrogen and oxygen atoms in total. The fourth-order valence-electron chi connectivity index (χ4n) is 4.42. The minimum Gasteiger partial charge on any atom is -0.370 e. The zero-order valence-electron chi connectivity index (χ0n) is 21.1. The Balaban J connectivity index is 1.66. The Bertz CT molecular complexity index is 1370. The van der Waals surface area contributed by atoms with Crippen LogP contribution >= 0.6 is 0 Å². The van der Waals surface area contributed by atoms with Gasteiger partial charge in [0.15, 0.2) is 0 Å². The number of ether oxygens (including phenoxy) is 1. The Hall–Kier alpha value is -3.83. The smallest absolute Gasteiger partial charge is 0.274 e. The fraction of sp³-hybridized carbons (Fsp3) is 0.333. The normalized spacial score (nSPS) is 19.3. The number of benzene rings is 1. The topological polar surface area (TPSA) is 119 Å². The van der Waals surface area contributed by atoms with E-state index in [1.165, 1.54) is 13.2 Å². The third-order valence-corrected chi connectivity index (χ3v) is 6.46. The average molecular weight is 528 g/mol. The van der Waals surface area contributed by atoms with Crippen molar-refractivity contribution in [3.8, 4) is 11.3 Å². The number of hydrogen-bond donors (Lipinski definition) is 3. The second-order valence-electron chi connectivity index (χ2n) is 9.45. The van der Waals surface area contributed by atoms with Crippen molar-refractivity contribution in [3.63, 3.8) is 0 Å². The van der Waals surface area contributed by atoms with Crippen LogP contribution in [-0.2, 0) is 4.74 Å². The lowest BCUT2D eigenvalue weighted by atomic mass is 9.90. The Morgan fingerprint density at radius 3 is 2.50 bits per heavy atom. The molecule has 2 amide bonds. The highest BCUT2D eigenvalue weighted by molar-refractivity contribution is 6.03. The van der Waals surface area contributed by atoms with Crippen molar-refractivity contribution in [1.82, 2.24) is 15.3 Å². The number of amides is 2. The highest BCUT2D eigenvalue weighted by Gasteiger charge is 2.32. The van der Waals surface area contributed by atoms with Crippen molar-refractivity contribution in [2.75, 3.05) is 12.4 Å². The Kier molecular flexibility index (Phi) is 8.08. The lowest BCUT2D eigenvalue weighted by molar-refractivity contribution is -0.0787. The summed E-state index contributed by atoms with van der Waals surface area (Å²) >= 11 is 0. The van der Waals surface area contributed by atoms with E-state index in [0.717, 1.165) is 30.7 Å². The van der Waals surface area contributed by atoms with Crippen molar-refractivity contribution in [1.29, 1.82) is 0 Å². The van der Waals surface area contributed by atoms with Crippen LogP contribution in [0.15, 0.2) is 42.7 Å². The lowest BCUT2D eigenvalue weighted by Gasteiger charge is -2.36. The maximum absolute atomic E-state index is 15.1. The first-order valence-corrected chi connectivity index (χ1v) is 12.1. The summed E-state index contributed by atoms with van der Waals surface area (Å²) < 4.78 is 50.6. The first-order valence-electron chi connectivity index (χ1n) is 12.1. The van der Waals surface area contributed by atoms with Crippen LogP contribution in [0.3, 0.4) is 0 Å². The van der Waals surface area contributed by atoms with E-state index in [1.807, 2.05) is 13.8 Å². The van der Waals surface area contributed by atoms with E-state index >= 15 is 4.39 Å². The summed E-state index contributed by atoms with van der Waals surface area (Å²) in [7, 11) is 1.27. The van der Waals surface area contributed by atoms with E-state index in [0.29, 0.717) is 17.7 Å². The SMILES string of the molecule is CNC(=O)c1ccc(F)c(-c2nc(C(=O)Nc3cnccc3C3CC(N)CC(C(C)C)O3)ccc2F)c1F. The van der Waals surface area contributed by atoms with Crippen LogP contribution in [0.25, 0.3) is 11.3 Å². The molecule has 1 aromatic carbocycles. The number of carbonyl (C=O) groups is 2. The number of nitrogens with zero attached hydrogens (tertiary/aromatic N) is 2. The molecule has 0 spiro atoms. The molecule has 3 aromatic rings. The molecule has 1 aliphatic rings. The number of hydrogen-bond acceptors (Lipinski definition) is 6. The number of halogens is 3. The Labute approximate surface area is 217 Å². The molecule has 200 valence electrons. The molecule has 1 aliphatic heterocycles. The molecule has 0 saturated carbocycles. The maximum Gasteiger partial charge on any atom is 0.274 e. The molecule has 0 aliphatic carbocycles. The summed E-state index contributed by atoms with van der Waals surface area (Å²) in [4.78, 5) is 33.1. The molecule has 1 saturated heterocycles. The Morgan fingerprint density at radius 1 is 1.05 bits per heavy atom. The molecule has 4 rings (SSSR count). The molecular weight excluding hydrogens is 499 g/mol. The first kappa shape index (κ1) is 27.2. The van der Waals surface area contributed by atoms with E-state index in [4.69, 9.17) is 10.5 Å². The summed E-state index contributed by atoms with van der Waals surface area (Å²) in [5.74, 6) is -4.85. The van der Waals surface area contributed by atoms with E-state index in [2.05, 4.69) is 20.6 Å². The van der Waals surface area contributed by atoms with Crippen LogP contribution in [0.2, 0.25) is 0 Å². The number of pyridine rings is 2. The molecule has 1 fully saturated rings. The zero-order chi connectivity index (χ0) is 27.6. The molecule has 0 bridgehead atoms. The van der Waals surface area contributed by atoms with Crippen molar-refractivity contribution < 1.29 is 27.5 Å². The van der Waals surface area contributed by atoms with Crippen LogP contribution in [0.1, 0.15) is 59.2 Å². The van der Waals surface area contributed by atoms with Gasteiger partial charge in [0, 0.05) is 24.8 Å². The van der Waals surface area contributed by atoms with Crippen LogP contribution in [-0.4, -0.2) is 41.0 Å². The summed E-state index contributed by atoms with van der Waals surface area (Å²) in [6.07, 6.45) is 3.82. The number of rotatable bonds is 6. The summed E-state index contributed by atoms with van der Waals surface area (Å²) in [5, 5.41) is 4.92. The first-order chi connectivity index (χ1) is 18.1. The molecule has 3 unspecified atom stereocenters. The molecule has 3 heterocycles. The molecule has 0 radical (unpaired) electrons. The fourth-order valence-corrected chi connectivity index (χ4v) is 4.42. The molecule has 2 aromatic heterocycles. The predicted octanol–water partition coefficient (Wildman–Crippen LogP) is 4.38. The number of carbonyl (C=O) groups excluding carboxylic acids is 2. The lowest BCUT2D eigenvalue weighted by Crippen LogP contribution is -2.39. The van der Waals surface area contributed by atoms with Gasteiger partial charge in [-0.1, -0.05) is 13.8 Å². The standard InChI is InChI=1S/C27H28F3N5O3/c1-13(2)21-10-14(31)11-22(38-21)15-8-9-33-12-20(15)35-27(37)19-7-6-18(29)25(34-19)23-17(28)5-4-16(24(23)30)26(36)32-3/h4-9,12-14,21-22H,10-11,31H2,1-3H3,(H,32,36)(H,35,37). The highest BCUT2D eigenvalue weighted by Crippen LogP contribution is 2.36. The second kappa shape index (κ2) is 11.3. The molecule has 38 heavy (non-hydrogen) atoms. The largest absolute Gasteiger partial charge is 0.370 e. The average Bonchev–Trinajstić information content (AvgIpc) is 2.89. The predicted molar refractivity (Wildman–Crippen MR) is 135 cm³/mol. The number of anilines is 1. The van der Waals surface area contributed by atoms with Gasteiger partial charge < -0.3 is 21.1 Å². The molecule has 4 N–H and O–H groups in total. The summed E-state index contributed by atoms with van der Waals surface area (Å²) in [5.41, 5.74) is 4.86. The van der Waals surface area contributed by atoms with Crippen molar-refractivity contribution in [3.05, 3.63) is 77.0 Å². The van der Waals surface area contributed by atoms with Gasteiger partial charge in [-0.3, -0.25) is 14.6 Å². The molecule has 3 atom stereocenters. The maximum atomic E-state index is 15.1. The van der Waals surface area contributed by atoms with Crippen molar-refractivity contribution in [2.24, 2.45) is 11.7 Å². The summed E-state index contributed by atoms with van der Waals surface area (Å²) in [6, 6.07) is 5.36. The minimum absolute atomic E-state index is 0.0582. The molecular formula is C27H28F3N5O3. The quantitative estimate of drug-likeness (QED) is 0.438. The van der Waals surface area contributed by atoms with Crippen molar-refractivity contribution in [2.45, 2.75) is 44.9 Å². The van der Waals surface area contributed by atoms with E-state index in [-0.39, 0.29) is 23.8 Å². The molecule has 11 heteroatoms. The Morgan fingerprint density at radius 2 is 1.79 bits per heavy atom. The van der Waals surface area contributed by atoms with Gasteiger partial charge in [-0.25, -0.2) is 18.2 Å². The van der Waals surface area contributed by atoms with Crippen LogP contribution in [0, 0.1) is 23.4 Å². The number of nitrogens with one attached hydrogen (secondary N) is 2. The van der Waals surface area contributed by atoms with Gasteiger partial charge in [-0.2, -0.15) is 0 Å². The zero-order valence-corrected chi connectivity index (χ0v) is 21.1. The van der Waals surface area contributed by atoms with Crippen molar-refractivity contribution >= 4 is 17.5 Å². The van der Waals surface area contributed by atoms with Crippen LogP contribution in [0.4, 0.5) is 18.9 Å². The van der Waals surface area contributed by atoms with Gasteiger partial charge in [0.2, 0.25) is 0 Å². The van der Waals surface area contributed by atoms with Gasteiger partial charge in [-0.05, 0) is 49.1 Å². The van der Waals surface area contributed by atoms with Gasteiger partial charge in [0.25, 0.3) is 11.8 Å². The van der Waals surface area contributed by atoms with E-state index in [9.17, 15) is 18.4 Å². The van der Waals surface area contributed by atoms with Gasteiger partial charge in [0.05, 0.1) is 35.2 Å². The minimum atomic E-state index is -1.30. The third-order valence-electron chi connectivity index (χ3n) is 6.46. The number of aromatic nitrogens is 2. The van der Waals surface area contributed by atoms with Crippen LogP contribution < -0.4 is 16.4 Å². The summed E-state index contributed by atoms with van der Waals surface area (Å²) in [6.45, 7) is 4.09.